The predicted octanol–water partition coefficient (Wildman–Crippen LogP) is 0.757. The first-order chi connectivity index (χ1) is 6.83. The molecule has 1 unspecified atom stereocenters. The van der Waals surface area contributed by atoms with Crippen molar-refractivity contribution in [1.82, 2.24) is 5.01 Å². The summed E-state index contributed by atoms with van der Waals surface area (Å²) in [6.45, 7) is 0.341. The van der Waals surface area contributed by atoms with Crippen molar-refractivity contribution < 1.29 is 9.90 Å². The maximum absolute atomic E-state index is 11.8. The molecule has 0 aromatic carbocycles. The molecule has 0 bridgehead atoms. The monoisotopic (exact) mass is 196 g/mol. The topological polar surface area (TPSA) is 52.9 Å². The zero-order valence-electron chi connectivity index (χ0n) is 8.28. The number of β-amino-alcohol motifs (C(OH)–C–C–N with tert-alkyl or cyclic N) is 1. The van der Waals surface area contributed by atoms with Crippen LogP contribution in [-0.4, -0.2) is 34.9 Å². The molecule has 2 rings (SSSR count). The van der Waals surface area contributed by atoms with Crippen LogP contribution in [0.2, 0.25) is 0 Å². The Bertz CT molecular complexity index is 263. The van der Waals surface area contributed by atoms with Crippen LogP contribution in [0, 0.1) is 5.92 Å². The zero-order valence-corrected chi connectivity index (χ0v) is 8.28. The van der Waals surface area contributed by atoms with Gasteiger partial charge in [0.2, 0.25) is 0 Å². The molecule has 1 amide bonds. The van der Waals surface area contributed by atoms with Gasteiger partial charge in [0.25, 0.3) is 5.91 Å². The number of hydrogen-bond donors (Lipinski definition) is 1. The molecule has 0 radical (unpaired) electrons. The number of aliphatic hydroxyl groups is 1. The third-order valence-electron chi connectivity index (χ3n) is 2.94. The Morgan fingerprint density at radius 1 is 1.43 bits per heavy atom. The molecule has 78 valence electrons. The number of hydrazone groups is 1. The Morgan fingerprint density at radius 3 is 3.07 bits per heavy atom. The van der Waals surface area contributed by atoms with Crippen molar-refractivity contribution in [2.24, 2.45) is 11.0 Å². The number of hydrogen-bond acceptors (Lipinski definition) is 3. The van der Waals surface area contributed by atoms with Crippen LogP contribution in [-0.2, 0) is 4.79 Å². The first kappa shape index (κ1) is 9.65. The summed E-state index contributed by atoms with van der Waals surface area (Å²) in [7, 11) is 0. The lowest BCUT2D eigenvalue weighted by Crippen LogP contribution is -2.29. The SMILES string of the molecule is O=C1C2CCCCCC2=NN1CCO. The highest BCUT2D eigenvalue weighted by Crippen LogP contribution is 2.27. The fraction of sp³-hybridized carbons (Fsp3) is 0.800. The predicted molar refractivity (Wildman–Crippen MR) is 52.8 cm³/mol. The number of aliphatic hydroxyl groups excluding tert-OH is 1. The first-order valence-electron chi connectivity index (χ1n) is 5.32. The van der Waals surface area contributed by atoms with Crippen LogP contribution in [0.25, 0.3) is 0 Å². The first-order valence-corrected chi connectivity index (χ1v) is 5.32. The van der Waals surface area contributed by atoms with Gasteiger partial charge >= 0.3 is 0 Å². The number of fused-ring (bicyclic) bond motifs is 1. The van der Waals surface area contributed by atoms with Crippen molar-refractivity contribution in [3.05, 3.63) is 0 Å². The Labute approximate surface area is 83.6 Å². The van der Waals surface area contributed by atoms with E-state index in [-0.39, 0.29) is 18.4 Å². The van der Waals surface area contributed by atoms with Gasteiger partial charge in [-0.3, -0.25) is 4.79 Å². The molecule has 4 heteroatoms. The van der Waals surface area contributed by atoms with Crippen LogP contribution in [0.5, 0.6) is 0 Å². The molecule has 1 saturated carbocycles. The summed E-state index contributed by atoms with van der Waals surface area (Å²) in [5, 5.41) is 14.5. The van der Waals surface area contributed by atoms with Gasteiger partial charge in [-0.2, -0.15) is 5.10 Å². The second-order valence-corrected chi connectivity index (χ2v) is 3.93. The average molecular weight is 196 g/mol. The maximum Gasteiger partial charge on any atom is 0.251 e. The summed E-state index contributed by atoms with van der Waals surface area (Å²) in [4.78, 5) is 11.8. The molecule has 1 heterocycles. The van der Waals surface area contributed by atoms with Gasteiger partial charge in [-0.05, 0) is 19.3 Å². The number of carbonyl (C=O) groups excluding carboxylic acids is 1. The Morgan fingerprint density at radius 2 is 2.29 bits per heavy atom. The van der Waals surface area contributed by atoms with E-state index in [4.69, 9.17) is 5.11 Å². The van der Waals surface area contributed by atoms with Crippen LogP contribution in [0.3, 0.4) is 0 Å². The van der Waals surface area contributed by atoms with Crippen LogP contribution >= 0.6 is 0 Å². The van der Waals surface area contributed by atoms with Gasteiger partial charge in [-0.1, -0.05) is 12.8 Å². The number of amides is 1. The van der Waals surface area contributed by atoms with E-state index in [1.165, 1.54) is 11.4 Å². The molecule has 14 heavy (non-hydrogen) atoms. The number of carbonyl (C=O) groups is 1. The van der Waals surface area contributed by atoms with Crippen molar-refractivity contribution in [2.75, 3.05) is 13.2 Å². The van der Waals surface area contributed by atoms with Gasteiger partial charge in [-0.15, -0.1) is 0 Å². The van der Waals surface area contributed by atoms with Crippen LogP contribution in [0.1, 0.15) is 32.1 Å². The average Bonchev–Trinajstić information content (AvgIpc) is 2.41. The maximum atomic E-state index is 11.8. The lowest BCUT2D eigenvalue weighted by molar-refractivity contribution is -0.132. The second-order valence-electron chi connectivity index (χ2n) is 3.93. The van der Waals surface area contributed by atoms with Crippen molar-refractivity contribution in [1.29, 1.82) is 0 Å². The fourth-order valence-corrected chi connectivity index (χ4v) is 2.20. The van der Waals surface area contributed by atoms with Crippen LogP contribution in [0.15, 0.2) is 5.10 Å². The van der Waals surface area contributed by atoms with Gasteiger partial charge in [0, 0.05) is 0 Å². The summed E-state index contributed by atoms with van der Waals surface area (Å²) in [6, 6.07) is 0. The molecule has 0 spiro atoms. The van der Waals surface area contributed by atoms with Crippen molar-refractivity contribution in [3.63, 3.8) is 0 Å². The van der Waals surface area contributed by atoms with E-state index >= 15 is 0 Å². The smallest absolute Gasteiger partial charge is 0.251 e. The fourth-order valence-electron chi connectivity index (χ4n) is 2.20. The molecule has 1 aliphatic heterocycles. The van der Waals surface area contributed by atoms with E-state index in [9.17, 15) is 4.79 Å². The zero-order chi connectivity index (χ0) is 9.97. The van der Waals surface area contributed by atoms with E-state index in [2.05, 4.69) is 5.10 Å². The van der Waals surface area contributed by atoms with E-state index in [0.717, 1.165) is 31.4 Å². The van der Waals surface area contributed by atoms with Crippen LogP contribution < -0.4 is 0 Å². The minimum atomic E-state index is -0.00472. The molecule has 0 saturated heterocycles. The lowest BCUT2D eigenvalue weighted by atomic mass is 9.98. The van der Waals surface area contributed by atoms with Crippen molar-refractivity contribution in [3.8, 4) is 0 Å². The Balaban J connectivity index is 2.10. The summed E-state index contributed by atoms with van der Waals surface area (Å²) in [5.74, 6) is 0.125. The largest absolute Gasteiger partial charge is 0.394 e. The number of rotatable bonds is 2. The molecule has 1 fully saturated rings. The van der Waals surface area contributed by atoms with Gasteiger partial charge in [0.05, 0.1) is 24.8 Å². The quantitative estimate of drug-likeness (QED) is 0.708. The summed E-state index contributed by atoms with van der Waals surface area (Å²) >= 11 is 0. The van der Waals surface area contributed by atoms with Crippen LogP contribution in [0.4, 0.5) is 0 Å². The second kappa shape index (κ2) is 4.09. The van der Waals surface area contributed by atoms with E-state index < -0.39 is 0 Å². The van der Waals surface area contributed by atoms with E-state index in [1.807, 2.05) is 0 Å². The highest BCUT2D eigenvalue weighted by molar-refractivity contribution is 6.08. The number of nitrogens with zero attached hydrogens (tertiary/aromatic N) is 2. The highest BCUT2D eigenvalue weighted by atomic mass is 16.3. The molecular formula is C10H16N2O2. The Hall–Kier alpha value is -0.900. The molecule has 4 nitrogen and oxygen atoms in total. The summed E-state index contributed by atoms with van der Waals surface area (Å²) in [5.41, 5.74) is 1.04. The molecule has 0 aromatic heterocycles. The van der Waals surface area contributed by atoms with Gasteiger partial charge in [-0.25, -0.2) is 5.01 Å². The Kier molecular flexibility index (Phi) is 2.82. The normalized spacial score (nSPS) is 27.2. The van der Waals surface area contributed by atoms with Crippen molar-refractivity contribution >= 4 is 11.6 Å². The van der Waals surface area contributed by atoms with Gasteiger partial charge < -0.3 is 5.11 Å². The molecule has 1 N–H and O–H groups in total. The van der Waals surface area contributed by atoms with E-state index in [0.29, 0.717) is 6.54 Å². The molecular weight excluding hydrogens is 180 g/mol. The minimum absolute atomic E-state index is 0.00472. The van der Waals surface area contributed by atoms with Gasteiger partial charge in [0.1, 0.15) is 0 Å². The molecule has 1 atom stereocenters. The molecule has 2 aliphatic rings. The van der Waals surface area contributed by atoms with E-state index in [1.54, 1.807) is 0 Å². The lowest BCUT2D eigenvalue weighted by Gasteiger charge is -2.11. The molecule has 1 aliphatic carbocycles. The summed E-state index contributed by atoms with van der Waals surface area (Å²) in [6.07, 6.45) is 5.39. The highest BCUT2D eigenvalue weighted by Gasteiger charge is 2.35. The third kappa shape index (κ3) is 1.66. The minimum Gasteiger partial charge on any atom is -0.394 e. The van der Waals surface area contributed by atoms with Crippen molar-refractivity contribution in [2.45, 2.75) is 32.1 Å². The molecule has 0 aromatic rings. The third-order valence-corrected chi connectivity index (χ3v) is 2.94. The summed E-state index contributed by atoms with van der Waals surface area (Å²) < 4.78 is 0. The standard InChI is InChI=1S/C10H16N2O2/c13-7-6-12-10(14)8-4-2-1-3-5-9(8)11-12/h8,13H,1-7H2. The van der Waals surface area contributed by atoms with Gasteiger partial charge in [0.15, 0.2) is 0 Å².